The Labute approximate surface area is 79.3 Å². The van der Waals surface area contributed by atoms with Crippen LogP contribution < -0.4 is 5.73 Å². The van der Waals surface area contributed by atoms with Crippen molar-refractivity contribution < 1.29 is 0 Å². The summed E-state index contributed by atoms with van der Waals surface area (Å²) in [4.78, 5) is 0. The van der Waals surface area contributed by atoms with Gasteiger partial charge < -0.3 is 5.73 Å². The van der Waals surface area contributed by atoms with Crippen LogP contribution in [0.1, 0.15) is 25.8 Å². The van der Waals surface area contributed by atoms with Crippen LogP contribution in [0.4, 0.5) is 0 Å². The highest BCUT2D eigenvalue weighted by Crippen LogP contribution is 2.25. The van der Waals surface area contributed by atoms with Gasteiger partial charge in [-0.25, -0.2) is 0 Å². The van der Waals surface area contributed by atoms with Gasteiger partial charge in [-0.15, -0.1) is 0 Å². The fourth-order valence-corrected chi connectivity index (χ4v) is 1.47. The first-order valence-corrected chi connectivity index (χ1v) is 4.41. The molecule has 0 aliphatic carbocycles. The Morgan fingerprint density at radius 1 is 1.31 bits per heavy atom. The van der Waals surface area contributed by atoms with Gasteiger partial charge in [-0.3, -0.25) is 5.41 Å². The third-order valence-electron chi connectivity index (χ3n) is 2.19. The SMILES string of the molecule is CC(C)(CC(=N)N)c1ccccc1. The van der Waals surface area contributed by atoms with E-state index in [4.69, 9.17) is 11.1 Å². The number of rotatable bonds is 3. The molecular formula is C11H16N2. The molecule has 2 heteroatoms. The van der Waals surface area contributed by atoms with Crippen LogP contribution in [-0.4, -0.2) is 5.84 Å². The van der Waals surface area contributed by atoms with E-state index in [1.165, 1.54) is 5.56 Å². The summed E-state index contributed by atoms with van der Waals surface area (Å²) in [6.45, 7) is 4.20. The Morgan fingerprint density at radius 2 is 1.85 bits per heavy atom. The molecule has 1 rings (SSSR count). The quantitative estimate of drug-likeness (QED) is 0.538. The maximum absolute atomic E-state index is 7.28. The summed E-state index contributed by atoms with van der Waals surface area (Å²) in [5.41, 5.74) is 6.59. The first kappa shape index (κ1) is 9.78. The molecule has 0 unspecified atom stereocenters. The van der Waals surface area contributed by atoms with Crippen LogP contribution in [0.25, 0.3) is 0 Å². The van der Waals surface area contributed by atoms with Crippen molar-refractivity contribution in [3.8, 4) is 0 Å². The maximum atomic E-state index is 7.28. The molecule has 0 atom stereocenters. The number of nitrogens with one attached hydrogen (secondary N) is 1. The Morgan fingerprint density at radius 3 is 2.31 bits per heavy atom. The molecule has 0 aliphatic heterocycles. The number of benzene rings is 1. The zero-order chi connectivity index (χ0) is 9.90. The highest BCUT2D eigenvalue weighted by atomic mass is 14.7. The molecule has 2 nitrogen and oxygen atoms in total. The minimum Gasteiger partial charge on any atom is -0.388 e. The predicted molar refractivity (Wildman–Crippen MR) is 56.0 cm³/mol. The molecule has 1 aromatic rings. The monoisotopic (exact) mass is 176 g/mol. The molecule has 0 radical (unpaired) electrons. The van der Waals surface area contributed by atoms with E-state index in [-0.39, 0.29) is 11.3 Å². The standard InChI is InChI=1S/C11H16N2/c1-11(2,8-10(12)13)9-6-4-3-5-7-9/h3-7H,8H2,1-2H3,(H3,12,13). The summed E-state index contributed by atoms with van der Waals surface area (Å²) in [5.74, 6) is 0.244. The molecule has 1 aromatic carbocycles. The summed E-state index contributed by atoms with van der Waals surface area (Å²) in [5, 5.41) is 7.28. The van der Waals surface area contributed by atoms with Gasteiger partial charge in [0.15, 0.2) is 0 Å². The van der Waals surface area contributed by atoms with Crippen molar-refractivity contribution in [1.29, 1.82) is 5.41 Å². The molecule has 3 N–H and O–H groups in total. The number of nitrogens with two attached hydrogens (primary N) is 1. The van der Waals surface area contributed by atoms with Gasteiger partial charge in [0.25, 0.3) is 0 Å². The van der Waals surface area contributed by atoms with Crippen molar-refractivity contribution in [3.63, 3.8) is 0 Å². The average molecular weight is 176 g/mol. The maximum Gasteiger partial charge on any atom is 0.0914 e. The molecule has 70 valence electrons. The Balaban J connectivity index is 2.87. The molecule has 0 fully saturated rings. The first-order chi connectivity index (χ1) is 6.02. The van der Waals surface area contributed by atoms with Gasteiger partial charge >= 0.3 is 0 Å². The lowest BCUT2D eigenvalue weighted by atomic mass is 9.81. The van der Waals surface area contributed by atoms with Crippen LogP contribution in [0.15, 0.2) is 30.3 Å². The van der Waals surface area contributed by atoms with Gasteiger partial charge in [0.2, 0.25) is 0 Å². The van der Waals surface area contributed by atoms with Crippen LogP contribution in [0.2, 0.25) is 0 Å². The Bertz CT molecular complexity index is 288. The van der Waals surface area contributed by atoms with Crippen molar-refractivity contribution in [2.75, 3.05) is 0 Å². The largest absolute Gasteiger partial charge is 0.388 e. The van der Waals surface area contributed by atoms with E-state index in [0.29, 0.717) is 6.42 Å². The van der Waals surface area contributed by atoms with E-state index in [2.05, 4.69) is 26.0 Å². The predicted octanol–water partition coefficient (Wildman–Crippen LogP) is 2.29. The molecule has 0 bridgehead atoms. The molecule has 0 saturated heterocycles. The molecule has 0 saturated carbocycles. The zero-order valence-corrected chi connectivity index (χ0v) is 8.17. The van der Waals surface area contributed by atoms with Gasteiger partial charge in [0.1, 0.15) is 0 Å². The van der Waals surface area contributed by atoms with E-state index < -0.39 is 0 Å². The number of hydrogen-bond donors (Lipinski definition) is 2. The van der Waals surface area contributed by atoms with Crippen LogP contribution in [-0.2, 0) is 5.41 Å². The van der Waals surface area contributed by atoms with Crippen molar-refractivity contribution in [1.82, 2.24) is 0 Å². The normalized spacial score (nSPS) is 11.2. The van der Waals surface area contributed by atoms with E-state index in [1.807, 2.05) is 18.2 Å². The Hall–Kier alpha value is -1.31. The van der Waals surface area contributed by atoms with Gasteiger partial charge in [-0.1, -0.05) is 44.2 Å². The molecule has 0 spiro atoms. The lowest BCUT2D eigenvalue weighted by molar-refractivity contribution is 0.546. The van der Waals surface area contributed by atoms with E-state index in [9.17, 15) is 0 Å². The Kier molecular flexibility index (Phi) is 2.71. The van der Waals surface area contributed by atoms with E-state index in [0.717, 1.165) is 0 Å². The van der Waals surface area contributed by atoms with Crippen LogP contribution in [0, 0.1) is 5.41 Å². The summed E-state index contributed by atoms with van der Waals surface area (Å²) in [7, 11) is 0. The van der Waals surface area contributed by atoms with E-state index >= 15 is 0 Å². The molecule has 0 aliphatic rings. The van der Waals surface area contributed by atoms with Gasteiger partial charge in [0, 0.05) is 6.42 Å². The van der Waals surface area contributed by atoms with Gasteiger partial charge in [0.05, 0.1) is 5.84 Å². The van der Waals surface area contributed by atoms with E-state index in [1.54, 1.807) is 0 Å². The lowest BCUT2D eigenvalue weighted by Gasteiger charge is -2.24. The van der Waals surface area contributed by atoms with Crippen molar-refractivity contribution in [2.45, 2.75) is 25.7 Å². The fourth-order valence-electron chi connectivity index (χ4n) is 1.47. The highest BCUT2D eigenvalue weighted by molar-refractivity contribution is 5.78. The van der Waals surface area contributed by atoms with Crippen LogP contribution >= 0.6 is 0 Å². The summed E-state index contributed by atoms with van der Waals surface area (Å²) >= 11 is 0. The van der Waals surface area contributed by atoms with Crippen LogP contribution in [0.5, 0.6) is 0 Å². The van der Waals surface area contributed by atoms with Crippen molar-refractivity contribution in [3.05, 3.63) is 35.9 Å². The second-order valence-corrected chi connectivity index (χ2v) is 3.95. The lowest BCUT2D eigenvalue weighted by Crippen LogP contribution is -2.25. The van der Waals surface area contributed by atoms with Crippen molar-refractivity contribution >= 4 is 5.84 Å². The zero-order valence-electron chi connectivity index (χ0n) is 8.17. The molecular weight excluding hydrogens is 160 g/mol. The number of hydrogen-bond acceptors (Lipinski definition) is 1. The molecule has 0 heterocycles. The highest BCUT2D eigenvalue weighted by Gasteiger charge is 2.20. The third kappa shape index (κ3) is 2.58. The first-order valence-electron chi connectivity index (χ1n) is 4.41. The summed E-state index contributed by atoms with van der Waals surface area (Å²) in [6, 6.07) is 10.2. The average Bonchev–Trinajstić information content (AvgIpc) is 2.04. The van der Waals surface area contributed by atoms with Crippen LogP contribution in [0.3, 0.4) is 0 Å². The fraction of sp³-hybridized carbons (Fsp3) is 0.364. The second-order valence-electron chi connectivity index (χ2n) is 3.95. The molecule has 0 aromatic heterocycles. The third-order valence-corrected chi connectivity index (χ3v) is 2.19. The molecule has 0 amide bonds. The minimum atomic E-state index is -0.0346. The number of amidine groups is 1. The van der Waals surface area contributed by atoms with Gasteiger partial charge in [-0.2, -0.15) is 0 Å². The minimum absolute atomic E-state index is 0.0346. The smallest absolute Gasteiger partial charge is 0.0914 e. The topological polar surface area (TPSA) is 49.9 Å². The molecule has 13 heavy (non-hydrogen) atoms. The summed E-state index contributed by atoms with van der Waals surface area (Å²) in [6.07, 6.45) is 0.608. The summed E-state index contributed by atoms with van der Waals surface area (Å²) < 4.78 is 0. The van der Waals surface area contributed by atoms with Crippen molar-refractivity contribution in [2.24, 2.45) is 5.73 Å². The second kappa shape index (κ2) is 3.60. The van der Waals surface area contributed by atoms with Gasteiger partial charge in [-0.05, 0) is 11.0 Å².